The molecule has 1 rings (SSSR count). The monoisotopic (exact) mass is 158 g/mol. The van der Waals surface area contributed by atoms with Gasteiger partial charge in [-0.2, -0.15) is 12.6 Å². The molecule has 58 valence electrons. The van der Waals surface area contributed by atoms with Gasteiger partial charge in [0.2, 0.25) is 0 Å². The maximum atomic E-state index is 5.46. The van der Waals surface area contributed by atoms with Gasteiger partial charge in [0, 0.05) is 5.75 Å². The zero-order valence-electron chi connectivity index (χ0n) is 6.12. The predicted molar refractivity (Wildman–Crippen MR) is 46.6 cm³/mol. The van der Waals surface area contributed by atoms with Crippen molar-refractivity contribution in [3.63, 3.8) is 0 Å². The minimum absolute atomic E-state index is 0.560. The zero-order valence-corrected chi connectivity index (χ0v) is 7.02. The van der Waals surface area contributed by atoms with Crippen LogP contribution in [0.2, 0.25) is 0 Å². The molecule has 1 nitrogen and oxygen atoms in total. The van der Waals surface area contributed by atoms with Crippen molar-refractivity contribution in [1.29, 1.82) is 0 Å². The predicted octanol–water partition coefficient (Wildman–Crippen LogP) is 2.04. The fraction of sp³-hybridized carbons (Fsp3) is 0.750. The van der Waals surface area contributed by atoms with E-state index in [-0.39, 0.29) is 0 Å². The van der Waals surface area contributed by atoms with Crippen molar-refractivity contribution >= 4 is 12.6 Å². The molecule has 1 aliphatic carbocycles. The molecule has 0 N–H and O–H groups in total. The largest absolute Gasteiger partial charge is 0.374 e. The summed E-state index contributed by atoms with van der Waals surface area (Å²) in [4.78, 5) is 0. The molecule has 0 radical (unpaired) electrons. The van der Waals surface area contributed by atoms with Crippen molar-refractivity contribution in [1.82, 2.24) is 0 Å². The summed E-state index contributed by atoms with van der Waals surface area (Å²) in [6, 6.07) is 0. The first-order valence-electron chi connectivity index (χ1n) is 3.81. The van der Waals surface area contributed by atoms with Crippen LogP contribution in [0.3, 0.4) is 0 Å². The topological polar surface area (TPSA) is 9.23 Å². The highest BCUT2D eigenvalue weighted by atomic mass is 32.1. The summed E-state index contributed by atoms with van der Waals surface area (Å²) in [5.41, 5.74) is 0. The summed E-state index contributed by atoms with van der Waals surface area (Å²) >= 11 is 4.04. The van der Waals surface area contributed by atoms with E-state index in [0.29, 0.717) is 6.10 Å². The lowest BCUT2D eigenvalue weighted by molar-refractivity contribution is 0.0188. The van der Waals surface area contributed by atoms with Crippen molar-refractivity contribution in [2.24, 2.45) is 0 Å². The molecule has 0 atom stereocenters. The highest BCUT2D eigenvalue weighted by Gasteiger charge is 2.16. The molecule has 1 fully saturated rings. The van der Waals surface area contributed by atoms with Crippen LogP contribution in [0.15, 0.2) is 12.2 Å². The number of thiol groups is 1. The quantitative estimate of drug-likeness (QED) is 0.486. The molecule has 0 heterocycles. The van der Waals surface area contributed by atoms with Crippen LogP contribution in [-0.2, 0) is 4.74 Å². The molecule has 0 aromatic rings. The van der Waals surface area contributed by atoms with Gasteiger partial charge in [0.05, 0.1) is 12.7 Å². The van der Waals surface area contributed by atoms with Crippen LogP contribution in [0, 0.1) is 0 Å². The van der Waals surface area contributed by atoms with E-state index >= 15 is 0 Å². The molecule has 0 bridgehead atoms. The second kappa shape index (κ2) is 4.80. The van der Waals surface area contributed by atoms with Crippen LogP contribution in [0.5, 0.6) is 0 Å². The molecular weight excluding hydrogens is 144 g/mol. The number of hydrogen-bond donors (Lipinski definition) is 1. The van der Waals surface area contributed by atoms with Gasteiger partial charge in [0.1, 0.15) is 0 Å². The Morgan fingerprint density at radius 1 is 1.40 bits per heavy atom. The fourth-order valence-electron chi connectivity index (χ4n) is 0.872. The molecule has 1 saturated carbocycles. The second-order valence-electron chi connectivity index (χ2n) is 2.54. The van der Waals surface area contributed by atoms with Crippen molar-refractivity contribution < 1.29 is 4.74 Å². The Bertz CT molecular complexity index is 108. The van der Waals surface area contributed by atoms with Crippen LogP contribution in [0.25, 0.3) is 0 Å². The Hall–Kier alpha value is 0.0500. The van der Waals surface area contributed by atoms with Gasteiger partial charge in [-0.1, -0.05) is 12.2 Å². The van der Waals surface area contributed by atoms with Crippen molar-refractivity contribution in [2.45, 2.75) is 25.4 Å². The first-order chi connectivity index (χ1) is 4.93. The van der Waals surface area contributed by atoms with Crippen LogP contribution >= 0.6 is 12.6 Å². The molecular formula is C8H14OS. The number of hydrogen-bond acceptors (Lipinski definition) is 2. The molecule has 10 heavy (non-hydrogen) atoms. The molecule has 0 aromatic carbocycles. The van der Waals surface area contributed by atoms with Crippen LogP contribution in [-0.4, -0.2) is 18.5 Å². The molecule has 0 amide bonds. The highest BCUT2D eigenvalue weighted by molar-refractivity contribution is 7.80. The Balaban J connectivity index is 1.89. The lowest BCUT2D eigenvalue weighted by Crippen LogP contribution is -2.21. The van der Waals surface area contributed by atoms with Gasteiger partial charge in [-0.05, 0) is 19.3 Å². The van der Waals surface area contributed by atoms with Crippen LogP contribution in [0.1, 0.15) is 19.3 Å². The lowest BCUT2D eigenvalue weighted by Gasteiger charge is -2.24. The average molecular weight is 158 g/mol. The van der Waals surface area contributed by atoms with E-state index in [2.05, 4.69) is 12.6 Å². The Kier molecular flexibility index (Phi) is 3.91. The molecule has 0 aliphatic heterocycles. The van der Waals surface area contributed by atoms with E-state index < -0.39 is 0 Å². The van der Waals surface area contributed by atoms with E-state index in [4.69, 9.17) is 4.74 Å². The molecule has 0 spiro atoms. The lowest BCUT2D eigenvalue weighted by atomic mass is 9.96. The summed E-state index contributed by atoms with van der Waals surface area (Å²) in [7, 11) is 0. The van der Waals surface area contributed by atoms with E-state index in [0.717, 1.165) is 12.4 Å². The van der Waals surface area contributed by atoms with E-state index in [1.54, 1.807) is 0 Å². The summed E-state index contributed by atoms with van der Waals surface area (Å²) in [6.45, 7) is 0.769. The first-order valence-corrected chi connectivity index (χ1v) is 4.44. The Morgan fingerprint density at radius 2 is 2.20 bits per heavy atom. The van der Waals surface area contributed by atoms with E-state index in [9.17, 15) is 0 Å². The Morgan fingerprint density at radius 3 is 2.70 bits per heavy atom. The molecule has 2 heteroatoms. The SMILES string of the molecule is SCC=CCOC1CCC1. The molecule has 0 aromatic heterocycles. The van der Waals surface area contributed by atoms with Crippen molar-refractivity contribution in [2.75, 3.05) is 12.4 Å². The third-order valence-corrected chi connectivity index (χ3v) is 1.96. The van der Waals surface area contributed by atoms with Gasteiger partial charge < -0.3 is 4.74 Å². The average Bonchev–Trinajstić information content (AvgIpc) is 1.84. The molecule has 0 saturated heterocycles. The smallest absolute Gasteiger partial charge is 0.0651 e. The standard InChI is InChI=1S/C8H14OS/c10-7-2-1-6-9-8-4-3-5-8/h1-2,8,10H,3-7H2. The third-order valence-electron chi connectivity index (χ3n) is 1.75. The highest BCUT2D eigenvalue weighted by Crippen LogP contribution is 2.21. The van der Waals surface area contributed by atoms with Crippen molar-refractivity contribution in [3.05, 3.63) is 12.2 Å². The van der Waals surface area contributed by atoms with Gasteiger partial charge in [0.25, 0.3) is 0 Å². The summed E-state index contributed by atoms with van der Waals surface area (Å²) in [5, 5.41) is 0. The van der Waals surface area contributed by atoms with Crippen LogP contribution < -0.4 is 0 Å². The van der Waals surface area contributed by atoms with E-state index in [1.165, 1.54) is 19.3 Å². The Labute approximate surface area is 67.9 Å². The normalized spacial score (nSPS) is 19.7. The van der Waals surface area contributed by atoms with Crippen molar-refractivity contribution in [3.8, 4) is 0 Å². The number of ether oxygens (including phenoxy) is 1. The van der Waals surface area contributed by atoms with Gasteiger partial charge in [0.15, 0.2) is 0 Å². The second-order valence-corrected chi connectivity index (χ2v) is 2.91. The molecule has 1 aliphatic rings. The fourth-order valence-corrected chi connectivity index (χ4v) is 1.02. The molecule has 0 unspecified atom stereocenters. The third kappa shape index (κ3) is 2.76. The van der Waals surface area contributed by atoms with Gasteiger partial charge >= 0.3 is 0 Å². The maximum Gasteiger partial charge on any atom is 0.0651 e. The minimum Gasteiger partial charge on any atom is -0.374 e. The van der Waals surface area contributed by atoms with Gasteiger partial charge in [-0.3, -0.25) is 0 Å². The van der Waals surface area contributed by atoms with Crippen LogP contribution in [0.4, 0.5) is 0 Å². The summed E-state index contributed by atoms with van der Waals surface area (Å²) < 4.78 is 5.46. The maximum absolute atomic E-state index is 5.46. The van der Waals surface area contributed by atoms with Gasteiger partial charge in [-0.15, -0.1) is 0 Å². The number of rotatable bonds is 4. The summed E-state index contributed by atoms with van der Waals surface area (Å²) in [6.07, 6.45) is 8.47. The van der Waals surface area contributed by atoms with E-state index in [1.807, 2.05) is 12.2 Å². The zero-order chi connectivity index (χ0) is 7.23. The minimum atomic E-state index is 0.560. The van der Waals surface area contributed by atoms with Gasteiger partial charge in [-0.25, -0.2) is 0 Å². The summed E-state index contributed by atoms with van der Waals surface area (Å²) in [5.74, 6) is 0.814. The first kappa shape index (κ1) is 8.15.